The molecule has 5 nitrogen and oxygen atoms in total. The van der Waals surface area contributed by atoms with Crippen LogP contribution in [-0.2, 0) is 6.42 Å². The molecule has 34 heavy (non-hydrogen) atoms. The van der Waals surface area contributed by atoms with Gasteiger partial charge in [0.2, 0.25) is 5.88 Å². The van der Waals surface area contributed by atoms with E-state index in [9.17, 15) is 0 Å². The van der Waals surface area contributed by atoms with Crippen molar-refractivity contribution in [1.29, 1.82) is 0 Å². The van der Waals surface area contributed by atoms with Crippen molar-refractivity contribution in [2.24, 2.45) is 5.92 Å². The lowest BCUT2D eigenvalue weighted by Crippen LogP contribution is -2.15. The summed E-state index contributed by atoms with van der Waals surface area (Å²) in [5.74, 6) is 2.12. The lowest BCUT2D eigenvalue weighted by Gasteiger charge is -2.21. The normalized spacial score (nSPS) is 14.3. The Labute approximate surface area is 209 Å². The molecular formula is C27H26Cl2N4O. The Hall–Kier alpha value is -2.89. The first-order valence-electron chi connectivity index (χ1n) is 11.7. The molecule has 1 fully saturated rings. The maximum Gasteiger partial charge on any atom is 0.233 e. The maximum absolute atomic E-state index is 6.32. The summed E-state index contributed by atoms with van der Waals surface area (Å²) in [4.78, 5) is 7.86. The number of imidazole rings is 1. The Bertz CT molecular complexity index is 1230. The van der Waals surface area contributed by atoms with Crippen molar-refractivity contribution in [1.82, 2.24) is 20.2 Å². The van der Waals surface area contributed by atoms with Crippen molar-refractivity contribution in [3.8, 4) is 28.4 Å². The fourth-order valence-corrected chi connectivity index (χ4v) is 4.90. The summed E-state index contributed by atoms with van der Waals surface area (Å²) in [6.07, 6.45) is 8.97. The standard InChI is InChI=1S/C27H26Cl2N4O/c28-21-10-11-22(23(29)15-21)25-16-30-26(31-25)14-18-6-8-20(9-7-18)24-12-13-27(33-32-24)34-17-19-4-2-1-3-5-19/h6-13,15-16,19H,1-5,14,17H2,(H,30,31). The number of hydrogen-bond acceptors (Lipinski definition) is 4. The average molecular weight is 493 g/mol. The predicted octanol–water partition coefficient (Wildman–Crippen LogP) is 7.39. The van der Waals surface area contributed by atoms with Crippen LogP contribution in [0.4, 0.5) is 0 Å². The zero-order chi connectivity index (χ0) is 23.3. The SMILES string of the molecule is Clc1ccc(-c2cnc(Cc3ccc(-c4ccc(OCC5CCCCC5)nn4)cc3)[nH]2)c(Cl)c1. The Morgan fingerprint density at radius 2 is 1.74 bits per heavy atom. The van der Waals surface area contributed by atoms with E-state index in [2.05, 4.69) is 44.4 Å². The number of H-pyrrole nitrogens is 1. The molecule has 4 aromatic rings. The summed E-state index contributed by atoms with van der Waals surface area (Å²) in [7, 11) is 0. The van der Waals surface area contributed by atoms with Gasteiger partial charge < -0.3 is 9.72 Å². The first kappa shape index (κ1) is 22.9. The molecule has 1 aliphatic rings. The molecule has 2 heterocycles. The topological polar surface area (TPSA) is 63.7 Å². The molecule has 1 saturated carbocycles. The number of hydrogen-bond donors (Lipinski definition) is 1. The first-order chi connectivity index (χ1) is 16.6. The Kier molecular flexibility index (Phi) is 7.12. The van der Waals surface area contributed by atoms with E-state index >= 15 is 0 Å². The molecule has 0 amide bonds. The van der Waals surface area contributed by atoms with Crippen LogP contribution in [0.25, 0.3) is 22.5 Å². The van der Waals surface area contributed by atoms with Gasteiger partial charge in [-0.15, -0.1) is 10.2 Å². The van der Waals surface area contributed by atoms with Gasteiger partial charge in [-0.05, 0) is 48.6 Å². The van der Waals surface area contributed by atoms with Crippen LogP contribution in [0.15, 0.2) is 60.8 Å². The highest BCUT2D eigenvalue weighted by molar-refractivity contribution is 6.36. The van der Waals surface area contributed by atoms with Gasteiger partial charge in [0, 0.05) is 28.6 Å². The van der Waals surface area contributed by atoms with Gasteiger partial charge in [0.25, 0.3) is 0 Å². The van der Waals surface area contributed by atoms with Crippen molar-refractivity contribution in [2.45, 2.75) is 38.5 Å². The number of halogens is 2. The monoisotopic (exact) mass is 492 g/mol. The van der Waals surface area contributed by atoms with Gasteiger partial charge in [-0.25, -0.2) is 4.98 Å². The van der Waals surface area contributed by atoms with Gasteiger partial charge in [0.1, 0.15) is 5.82 Å². The summed E-state index contributed by atoms with van der Waals surface area (Å²) >= 11 is 12.3. The zero-order valence-corrected chi connectivity index (χ0v) is 20.3. The van der Waals surface area contributed by atoms with Crippen LogP contribution in [0.3, 0.4) is 0 Å². The van der Waals surface area contributed by atoms with Crippen LogP contribution in [0.2, 0.25) is 10.0 Å². The second-order valence-electron chi connectivity index (χ2n) is 8.81. The van der Waals surface area contributed by atoms with Gasteiger partial charge in [-0.2, -0.15) is 0 Å². The van der Waals surface area contributed by atoms with Crippen LogP contribution < -0.4 is 4.74 Å². The quantitative estimate of drug-likeness (QED) is 0.292. The largest absolute Gasteiger partial charge is 0.476 e. The summed E-state index contributed by atoms with van der Waals surface area (Å²) < 4.78 is 5.87. The van der Waals surface area contributed by atoms with Gasteiger partial charge in [0.15, 0.2) is 0 Å². The molecule has 1 aliphatic carbocycles. The number of aromatic amines is 1. The van der Waals surface area contributed by atoms with E-state index in [1.54, 1.807) is 12.3 Å². The number of nitrogens with zero attached hydrogens (tertiary/aromatic N) is 3. The Morgan fingerprint density at radius 3 is 2.47 bits per heavy atom. The van der Waals surface area contributed by atoms with Crippen LogP contribution in [0.5, 0.6) is 5.88 Å². The van der Waals surface area contributed by atoms with E-state index in [-0.39, 0.29) is 0 Å². The molecule has 5 rings (SSSR count). The van der Waals surface area contributed by atoms with E-state index in [1.807, 2.05) is 24.3 Å². The molecule has 0 aliphatic heterocycles. The van der Waals surface area contributed by atoms with Crippen LogP contribution >= 0.6 is 23.2 Å². The molecule has 1 N–H and O–H groups in total. The number of aromatic nitrogens is 4. The smallest absolute Gasteiger partial charge is 0.233 e. The van der Waals surface area contributed by atoms with Crippen LogP contribution in [-0.4, -0.2) is 26.8 Å². The van der Waals surface area contributed by atoms with Gasteiger partial charge in [-0.3, -0.25) is 0 Å². The van der Waals surface area contributed by atoms with E-state index in [0.717, 1.165) is 40.5 Å². The average Bonchev–Trinajstić information content (AvgIpc) is 3.32. The van der Waals surface area contributed by atoms with Crippen molar-refractivity contribution in [2.75, 3.05) is 6.61 Å². The minimum absolute atomic E-state index is 0.596. The molecule has 0 bridgehead atoms. The van der Waals surface area contributed by atoms with E-state index in [0.29, 0.717) is 28.3 Å². The van der Waals surface area contributed by atoms with Crippen molar-refractivity contribution in [3.63, 3.8) is 0 Å². The fourth-order valence-electron chi connectivity index (χ4n) is 4.39. The minimum Gasteiger partial charge on any atom is -0.476 e. The van der Waals surface area contributed by atoms with Crippen molar-refractivity contribution in [3.05, 3.63) is 82.2 Å². The first-order valence-corrected chi connectivity index (χ1v) is 12.4. The predicted molar refractivity (Wildman–Crippen MR) is 136 cm³/mol. The molecule has 2 aromatic carbocycles. The lowest BCUT2D eigenvalue weighted by molar-refractivity contribution is 0.201. The van der Waals surface area contributed by atoms with Gasteiger partial charge >= 0.3 is 0 Å². The van der Waals surface area contributed by atoms with E-state index in [4.69, 9.17) is 27.9 Å². The molecule has 0 saturated heterocycles. The molecule has 7 heteroatoms. The summed E-state index contributed by atoms with van der Waals surface area (Å²) in [6.45, 7) is 0.738. The Morgan fingerprint density at radius 1 is 0.912 bits per heavy atom. The lowest BCUT2D eigenvalue weighted by atomic mass is 9.90. The number of nitrogens with one attached hydrogen (secondary N) is 1. The van der Waals surface area contributed by atoms with Gasteiger partial charge in [0.05, 0.1) is 29.2 Å². The molecule has 0 radical (unpaired) electrons. The zero-order valence-electron chi connectivity index (χ0n) is 18.8. The fraction of sp³-hybridized carbons (Fsp3) is 0.296. The second kappa shape index (κ2) is 10.6. The van der Waals surface area contributed by atoms with Crippen LogP contribution in [0, 0.1) is 5.92 Å². The number of benzene rings is 2. The summed E-state index contributed by atoms with van der Waals surface area (Å²) in [5.41, 5.74) is 4.74. The minimum atomic E-state index is 0.596. The van der Waals surface area contributed by atoms with Gasteiger partial charge in [-0.1, -0.05) is 66.7 Å². The highest BCUT2D eigenvalue weighted by Gasteiger charge is 2.14. The molecule has 0 spiro atoms. The summed E-state index contributed by atoms with van der Waals surface area (Å²) in [5, 5.41) is 9.84. The molecule has 0 unspecified atom stereocenters. The third kappa shape index (κ3) is 5.60. The maximum atomic E-state index is 6.32. The molecule has 174 valence electrons. The van der Waals surface area contributed by atoms with Crippen LogP contribution in [0.1, 0.15) is 43.5 Å². The third-order valence-corrected chi connectivity index (χ3v) is 6.85. The Balaban J connectivity index is 1.20. The molecule has 0 atom stereocenters. The third-order valence-electron chi connectivity index (χ3n) is 6.30. The number of ether oxygens (including phenoxy) is 1. The van der Waals surface area contributed by atoms with Crippen molar-refractivity contribution >= 4 is 23.2 Å². The molecular weight excluding hydrogens is 467 g/mol. The summed E-state index contributed by atoms with van der Waals surface area (Å²) in [6, 6.07) is 17.6. The second-order valence-corrected chi connectivity index (χ2v) is 9.66. The molecule has 2 aromatic heterocycles. The van der Waals surface area contributed by atoms with E-state index < -0.39 is 0 Å². The highest BCUT2D eigenvalue weighted by atomic mass is 35.5. The van der Waals surface area contributed by atoms with E-state index in [1.165, 1.54) is 32.1 Å². The highest BCUT2D eigenvalue weighted by Crippen LogP contribution is 2.29. The van der Waals surface area contributed by atoms with Crippen molar-refractivity contribution < 1.29 is 4.74 Å². The number of rotatable bonds is 7.